The number of rotatable bonds is 4. The Hall–Kier alpha value is -1.89. The van der Waals surface area contributed by atoms with Crippen molar-refractivity contribution in [2.75, 3.05) is 13.1 Å². The van der Waals surface area contributed by atoms with Crippen LogP contribution in [0.2, 0.25) is 5.02 Å². The van der Waals surface area contributed by atoms with E-state index in [-0.39, 0.29) is 12.4 Å². The van der Waals surface area contributed by atoms with Gasteiger partial charge in [0.05, 0.1) is 0 Å². The van der Waals surface area contributed by atoms with Gasteiger partial charge in [-0.2, -0.15) is 10.1 Å². The van der Waals surface area contributed by atoms with Crippen molar-refractivity contribution in [2.45, 2.75) is 18.8 Å². The van der Waals surface area contributed by atoms with Crippen molar-refractivity contribution in [1.82, 2.24) is 25.7 Å². The second-order valence-electron chi connectivity index (χ2n) is 5.72. The monoisotopic (exact) mass is 365 g/mol. The molecule has 0 bridgehead atoms. The zero-order chi connectivity index (χ0) is 15.6. The van der Waals surface area contributed by atoms with E-state index in [2.05, 4.69) is 25.7 Å². The summed E-state index contributed by atoms with van der Waals surface area (Å²) in [4.78, 5) is 4.43. The molecular formula is C16H17Cl2N5O. The van der Waals surface area contributed by atoms with Crippen LogP contribution in [-0.2, 0) is 6.42 Å². The van der Waals surface area contributed by atoms with E-state index in [1.54, 1.807) is 0 Å². The first-order valence-corrected chi connectivity index (χ1v) is 7.99. The highest BCUT2D eigenvalue weighted by molar-refractivity contribution is 6.30. The van der Waals surface area contributed by atoms with Gasteiger partial charge in [0.25, 0.3) is 5.89 Å². The highest BCUT2D eigenvalue weighted by Crippen LogP contribution is 2.24. The third-order valence-electron chi connectivity index (χ3n) is 4.06. The van der Waals surface area contributed by atoms with Crippen LogP contribution in [0.15, 0.2) is 34.9 Å². The van der Waals surface area contributed by atoms with Crippen molar-refractivity contribution in [1.29, 1.82) is 0 Å². The van der Waals surface area contributed by atoms with E-state index in [0.717, 1.165) is 30.8 Å². The van der Waals surface area contributed by atoms with Crippen molar-refractivity contribution < 1.29 is 4.52 Å². The summed E-state index contributed by atoms with van der Waals surface area (Å²) in [7, 11) is 0. The quantitative estimate of drug-likeness (QED) is 0.741. The van der Waals surface area contributed by atoms with E-state index in [4.69, 9.17) is 16.1 Å². The Morgan fingerprint density at radius 3 is 2.83 bits per heavy atom. The fourth-order valence-electron chi connectivity index (χ4n) is 2.79. The van der Waals surface area contributed by atoms with E-state index < -0.39 is 0 Å². The van der Waals surface area contributed by atoms with Gasteiger partial charge in [-0.3, -0.25) is 5.10 Å². The molecule has 126 valence electrons. The summed E-state index contributed by atoms with van der Waals surface area (Å²) in [5, 5.41) is 15.5. The van der Waals surface area contributed by atoms with E-state index in [9.17, 15) is 0 Å². The van der Waals surface area contributed by atoms with Gasteiger partial charge in [-0.25, -0.2) is 0 Å². The lowest BCUT2D eigenvalue weighted by Crippen LogP contribution is -2.08. The zero-order valence-electron chi connectivity index (χ0n) is 12.8. The van der Waals surface area contributed by atoms with Crippen LogP contribution < -0.4 is 5.32 Å². The second kappa shape index (κ2) is 7.34. The summed E-state index contributed by atoms with van der Waals surface area (Å²) >= 11 is 5.89. The van der Waals surface area contributed by atoms with Crippen molar-refractivity contribution in [2.24, 2.45) is 0 Å². The van der Waals surface area contributed by atoms with Crippen LogP contribution in [0, 0.1) is 0 Å². The highest BCUT2D eigenvalue weighted by atomic mass is 35.5. The Balaban J connectivity index is 0.00000169. The number of nitrogens with one attached hydrogen (secondary N) is 2. The molecule has 1 aromatic carbocycles. The van der Waals surface area contributed by atoms with Crippen LogP contribution in [0.4, 0.5) is 0 Å². The van der Waals surface area contributed by atoms with Gasteiger partial charge in [0.2, 0.25) is 0 Å². The maximum atomic E-state index is 5.89. The fraction of sp³-hybridized carbons (Fsp3) is 0.312. The molecule has 4 rings (SSSR count). The third-order valence-corrected chi connectivity index (χ3v) is 4.31. The van der Waals surface area contributed by atoms with Crippen molar-refractivity contribution in [3.8, 4) is 11.6 Å². The SMILES string of the molecule is Cl.Clc1ccc(Cc2noc(-c3cc(C4CCNC4)[nH]n3)n2)cc1. The zero-order valence-corrected chi connectivity index (χ0v) is 14.4. The normalized spacial score (nSPS) is 17.0. The lowest BCUT2D eigenvalue weighted by atomic mass is 10.1. The van der Waals surface area contributed by atoms with E-state index in [0.29, 0.717) is 34.8 Å². The molecule has 6 nitrogen and oxygen atoms in total. The number of H-pyrrole nitrogens is 1. The summed E-state index contributed by atoms with van der Waals surface area (Å²) in [6.45, 7) is 2.03. The summed E-state index contributed by atoms with van der Waals surface area (Å²) in [6.07, 6.45) is 1.72. The van der Waals surface area contributed by atoms with Crippen LogP contribution >= 0.6 is 24.0 Å². The van der Waals surface area contributed by atoms with Crippen LogP contribution in [0.5, 0.6) is 0 Å². The Kier molecular flexibility index (Phi) is 5.18. The molecule has 2 aromatic heterocycles. The number of hydrogen-bond acceptors (Lipinski definition) is 5. The predicted molar refractivity (Wildman–Crippen MR) is 93.6 cm³/mol. The first-order valence-electron chi connectivity index (χ1n) is 7.61. The molecule has 1 aliphatic rings. The molecular weight excluding hydrogens is 349 g/mol. The molecule has 1 atom stereocenters. The number of aromatic amines is 1. The first kappa shape index (κ1) is 17.0. The average Bonchev–Trinajstić information content (AvgIpc) is 3.30. The molecule has 0 spiro atoms. The average molecular weight is 366 g/mol. The summed E-state index contributed by atoms with van der Waals surface area (Å²) in [5.41, 5.74) is 2.89. The van der Waals surface area contributed by atoms with Gasteiger partial charge < -0.3 is 9.84 Å². The number of benzene rings is 1. The lowest BCUT2D eigenvalue weighted by Gasteiger charge is -2.02. The van der Waals surface area contributed by atoms with Gasteiger partial charge in [-0.15, -0.1) is 12.4 Å². The number of aromatic nitrogens is 4. The van der Waals surface area contributed by atoms with Gasteiger partial charge in [0, 0.05) is 29.6 Å². The second-order valence-corrected chi connectivity index (χ2v) is 6.15. The van der Waals surface area contributed by atoms with Crippen LogP contribution in [0.3, 0.4) is 0 Å². The molecule has 2 N–H and O–H groups in total. The maximum Gasteiger partial charge on any atom is 0.278 e. The van der Waals surface area contributed by atoms with Crippen LogP contribution in [0.1, 0.15) is 29.4 Å². The Bertz CT molecular complexity index is 793. The van der Waals surface area contributed by atoms with Crippen molar-refractivity contribution >= 4 is 24.0 Å². The number of halogens is 2. The molecule has 1 fully saturated rings. The minimum absolute atomic E-state index is 0. The molecule has 0 saturated carbocycles. The molecule has 0 aliphatic carbocycles. The topological polar surface area (TPSA) is 79.6 Å². The number of hydrogen-bond donors (Lipinski definition) is 2. The molecule has 24 heavy (non-hydrogen) atoms. The molecule has 1 unspecified atom stereocenters. The van der Waals surface area contributed by atoms with E-state index in [1.807, 2.05) is 30.3 Å². The van der Waals surface area contributed by atoms with E-state index >= 15 is 0 Å². The Morgan fingerprint density at radius 2 is 2.08 bits per heavy atom. The van der Waals surface area contributed by atoms with Gasteiger partial charge in [0.15, 0.2) is 11.5 Å². The Labute approximate surface area is 150 Å². The van der Waals surface area contributed by atoms with Crippen LogP contribution in [0.25, 0.3) is 11.6 Å². The minimum atomic E-state index is 0. The fourth-order valence-corrected chi connectivity index (χ4v) is 2.92. The predicted octanol–water partition coefficient (Wildman–Crippen LogP) is 3.20. The standard InChI is InChI=1S/C16H16ClN5O.ClH/c17-12-3-1-10(2-4-12)7-15-19-16(23-22-15)14-8-13(20-21-14)11-5-6-18-9-11;/h1-4,8,11,18H,5-7,9H2,(H,20,21);1H. The van der Waals surface area contributed by atoms with Gasteiger partial charge >= 0.3 is 0 Å². The largest absolute Gasteiger partial charge is 0.332 e. The van der Waals surface area contributed by atoms with Crippen LogP contribution in [-0.4, -0.2) is 33.4 Å². The molecule has 1 saturated heterocycles. The maximum absolute atomic E-state index is 5.89. The first-order chi connectivity index (χ1) is 11.3. The summed E-state index contributed by atoms with van der Waals surface area (Å²) < 4.78 is 5.34. The summed E-state index contributed by atoms with van der Waals surface area (Å²) in [5.74, 6) is 1.56. The van der Waals surface area contributed by atoms with Crippen molar-refractivity contribution in [3.05, 3.63) is 52.4 Å². The van der Waals surface area contributed by atoms with Crippen molar-refractivity contribution in [3.63, 3.8) is 0 Å². The third kappa shape index (κ3) is 3.61. The molecule has 0 amide bonds. The van der Waals surface area contributed by atoms with Gasteiger partial charge in [-0.05, 0) is 36.7 Å². The smallest absolute Gasteiger partial charge is 0.278 e. The molecule has 1 aliphatic heterocycles. The minimum Gasteiger partial charge on any atom is -0.332 e. The molecule has 3 aromatic rings. The van der Waals surface area contributed by atoms with Gasteiger partial charge in [-0.1, -0.05) is 28.9 Å². The van der Waals surface area contributed by atoms with Gasteiger partial charge in [0.1, 0.15) is 0 Å². The number of nitrogens with zero attached hydrogens (tertiary/aromatic N) is 3. The Morgan fingerprint density at radius 1 is 1.25 bits per heavy atom. The highest BCUT2D eigenvalue weighted by Gasteiger charge is 2.20. The van der Waals surface area contributed by atoms with E-state index in [1.165, 1.54) is 0 Å². The molecule has 3 heterocycles. The molecule has 0 radical (unpaired) electrons. The lowest BCUT2D eigenvalue weighted by molar-refractivity contribution is 0.422. The molecule has 8 heteroatoms. The summed E-state index contributed by atoms with van der Waals surface area (Å²) in [6, 6.07) is 9.62.